The predicted molar refractivity (Wildman–Crippen MR) is 95.8 cm³/mol. The summed E-state index contributed by atoms with van der Waals surface area (Å²) in [6, 6.07) is 7.71. The highest BCUT2D eigenvalue weighted by atomic mass is 16.5. The number of ether oxygens (including phenoxy) is 1. The van der Waals surface area contributed by atoms with Crippen molar-refractivity contribution in [1.82, 2.24) is 19.7 Å². The third-order valence-corrected chi connectivity index (χ3v) is 4.40. The second-order valence-electron chi connectivity index (χ2n) is 6.41. The SMILES string of the molecule is CCn1nc(C(=O)N2CCOC(c3cccc(N(C)C)n3)C2)cc1C. The number of rotatable bonds is 4. The van der Waals surface area contributed by atoms with E-state index in [4.69, 9.17) is 4.74 Å². The van der Waals surface area contributed by atoms with Crippen LogP contribution in [0.4, 0.5) is 5.82 Å². The second kappa shape index (κ2) is 7.23. The summed E-state index contributed by atoms with van der Waals surface area (Å²) >= 11 is 0. The zero-order chi connectivity index (χ0) is 18.0. The van der Waals surface area contributed by atoms with E-state index in [0.29, 0.717) is 25.4 Å². The first-order chi connectivity index (χ1) is 12.0. The maximum absolute atomic E-state index is 12.8. The Hall–Kier alpha value is -2.41. The lowest BCUT2D eigenvalue weighted by atomic mass is 10.1. The molecule has 3 rings (SSSR count). The Kier molecular flexibility index (Phi) is 5.03. The molecule has 0 saturated carbocycles. The minimum absolute atomic E-state index is 0.0487. The van der Waals surface area contributed by atoms with Gasteiger partial charge in [0.05, 0.1) is 18.8 Å². The van der Waals surface area contributed by atoms with Gasteiger partial charge < -0.3 is 14.5 Å². The van der Waals surface area contributed by atoms with Crippen LogP contribution in [-0.4, -0.2) is 59.4 Å². The molecule has 0 radical (unpaired) electrons. The largest absolute Gasteiger partial charge is 0.368 e. The van der Waals surface area contributed by atoms with Gasteiger partial charge in [0.2, 0.25) is 0 Å². The van der Waals surface area contributed by atoms with Gasteiger partial charge in [0.1, 0.15) is 11.9 Å². The average molecular weight is 343 g/mol. The van der Waals surface area contributed by atoms with E-state index in [1.54, 1.807) is 4.90 Å². The smallest absolute Gasteiger partial charge is 0.274 e. The van der Waals surface area contributed by atoms with Gasteiger partial charge >= 0.3 is 0 Å². The molecule has 2 aromatic rings. The molecule has 0 aromatic carbocycles. The third-order valence-electron chi connectivity index (χ3n) is 4.40. The number of morpholine rings is 1. The lowest BCUT2D eigenvalue weighted by Crippen LogP contribution is -2.42. The number of aryl methyl sites for hydroxylation is 2. The normalized spacial score (nSPS) is 17.6. The highest BCUT2D eigenvalue weighted by molar-refractivity contribution is 5.92. The monoisotopic (exact) mass is 343 g/mol. The summed E-state index contributed by atoms with van der Waals surface area (Å²) in [6.07, 6.45) is -0.216. The summed E-state index contributed by atoms with van der Waals surface area (Å²) in [5, 5.41) is 4.40. The van der Waals surface area contributed by atoms with E-state index >= 15 is 0 Å². The first-order valence-electron chi connectivity index (χ1n) is 8.59. The molecule has 1 unspecified atom stereocenters. The predicted octanol–water partition coefficient (Wildman–Crippen LogP) is 1.89. The van der Waals surface area contributed by atoms with Crippen molar-refractivity contribution in [2.75, 3.05) is 38.7 Å². The molecule has 7 heteroatoms. The maximum atomic E-state index is 12.8. The minimum Gasteiger partial charge on any atom is -0.368 e. The molecule has 0 N–H and O–H groups in total. The summed E-state index contributed by atoms with van der Waals surface area (Å²) < 4.78 is 7.71. The van der Waals surface area contributed by atoms with Crippen LogP contribution >= 0.6 is 0 Å². The van der Waals surface area contributed by atoms with Crippen LogP contribution in [0.25, 0.3) is 0 Å². The van der Waals surface area contributed by atoms with Crippen molar-refractivity contribution in [3.05, 3.63) is 41.3 Å². The molecule has 2 aromatic heterocycles. The highest BCUT2D eigenvalue weighted by Gasteiger charge is 2.28. The maximum Gasteiger partial charge on any atom is 0.274 e. The highest BCUT2D eigenvalue weighted by Crippen LogP contribution is 2.23. The number of amides is 1. The van der Waals surface area contributed by atoms with E-state index in [9.17, 15) is 4.79 Å². The van der Waals surface area contributed by atoms with Gasteiger partial charge in [-0.05, 0) is 32.0 Å². The third kappa shape index (κ3) is 3.66. The van der Waals surface area contributed by atoms with Gasteiger partial charge in [-0.2, -0.15) is 5.10 Å². The molecule has 1 atom stereocenters. The van der Waals surface area contributed by atoms with E-state index in [1.807, 2.05) is 61.8 Å². The molecular formula is C18H25N5O2. The van der Waals surface area contributed by atoms with E-state index in [0.717, 1.165) is 23.8 Å². The van der Waals surface area contributed by atoms with Crippen molar-refractivity contribution in [1.29, 1.82) is 0 Å². The number of hydrogen-bond acceptors (Lipinski definition) is 5. The zero-order valence-corrected chi connectivity index (χ0v) is 15.3. The lowest BCUT2D eigenvalue weighted by molar-refractivity contribution is -0.0249. The Morgan fingerprint density at radius 1 is 1.40 bits per heavy atom. The van der Waals surface area contributed by atoms with Crippen LogP contribution in [-0.2, 0) is 11.3 Å². The van der Waals surface area contributed by atoms with Crippen molar-refractivity contribution in [3.63, 3.8) is 0 Å². The van der Waals surface area contributed by atoms with Gasteiger partial charge in [-0.3, -0.25) is 9.48 Å². The summed E-state index contributed by atoms with van der Waals surface area (Å²) in [7, 11) is 3.91. The average Bonchev–Trinajstić information content (AvgIpc) is 3.02. The molecule has 0 spiro atoms. The van der Waals surface area contributed by atoms with Gasteiger partial charge in [-0.15, -0.1) is 0 Å². The van der Waals surface area contributed by atoms with Crippen LogP contribution in [0.2, 0.25) is 0 Å². The number of carbonyl (C=O) groups excluding carboxylic acids is 1. The molecule has 134 valence electrons. The van der Waals surface area contributed by atoms with Crippen LogP contribution in [0, 0.1) is 6.92 Å². The van der Waals surface area contributed by atoms with E-state index < -0.39 is 0 Å². The fourth-order valence-corrected chi connectivity index (χ4v) is 2.98. The number of carbonyl (C=O) groups is 1. The Labute approximate surface area is 148 Å². The van der Waals surface area contributed by atoms with Crippen LogP contribution in [0.1, 0.15) is 34.9 Å². The Morgan fingerprint density at radius 3 is 2.88 bits per heavy atom. The first kappa shape index (κ1) is 17.4. The lowest BCUT2D eigenvalue weighted by Gasteiger charge is -2.32. The first-order valence-corrected chi connectivity index (χ1v) is 8.59. The summed E-state index contributed by atoms with van der Waals surface area (Å²) in [5.41, 5.74) is 2.34. The Morgan fingerprint density at radius 2 is 2.20 bits per heavy atom. The molecule has 1 aliphatic heterocycles. The van der Waals surface area contributed by atoms with E-state index in [-0.39, 0.29) is 12.0 Å². The number of pyridine rings is 1. The van der Waals surface area contributed by atoms with Crippen LogP contribution in [0.5, 0.6) is 0 Å². The van der Waals surface area contributed by atoms with Gasteiger partial charge in [-0.25, -0.2) is 4.98 Å². The molecule has 1 amide bonds. The summed E-state index contributed by atoms with van der Waals surface area (Å²) in [5.74, 6) is 0.828. The topological polar surface area (TPSA) is 63.5 Å². The van der Waals surface area contributed by atoms with Crippen LogP contribution < -0.4 is 4.90 Å². The second-order valence-corrected chi connectivity index (χ2v) is 6.41. The summed E-state index contributed by atoms with van der Waals surface area (Å²) in [6.45, 7) is 6.29. The number of aromatic nitrogens is 3. The van der Waals surface area contributed by atoms with Crippen LogP contribution in [0.3, 0.4) is 0 Å². The number of anilines is 1. The van der Waals surface area contributed by atoms with Crippen molar-refractivity contribution in [3.8, 4) is 0 Å². The van der Waals surface area contributed by atoms with Crippen molar-refractivity contribution in [2.45, 2.75) is 26.5 Å². The minimum atomic E-state index is -0.216. The Balaban J connectivity index is 1.76. The standard InChI is InChI=1S/C18H25N5O2/c1-5-23-13(2)11-15(20-23)18(24)22-9-10-25-16(12-22)14-7-6-8-17(19-14)21(3)4/h6-8,11,16H,5,9-10,12H2,1-4H3. The quantitative estimate of drug-likeness (QED) is 0.848. The molecule has 3 heterocycles. The van der Waals surface area contributed by atoms with Crippen LogP contribution in [0.15, 0.2) is 24.3 Å². The molecule has 1 saturated heterocycles. The van der Waals surface area contributed by atoms with Gasteiger partial charge in [0, 0.05) is 32.9 Å². The molecule has 7 nitrogen and oxygen atoms in total. The van der Waals surface area contributed by atoms with Crippen molar-refractivity contribution >= 4 is 11.7 Å². The molecular weight excluding hydrogens is 318 g/mol. The zero-order valence-electron chi connectivity index (χ0n) is 15.3. The molecule has 25 heavy (non-hydrogen) atoms. The molecule has 1 aliphatic rings. The van der Waals surface area contributed by atoms with Crippen molar-refractivity contribution in [2.24, 2.45) is 0 Å². The van der Waals surface area contributed by atoms with E-state index in [2.05, 4.69) is 10.1 Å². The number of hydrogen-bond donors (Lipinski definition) is 0. The van der Waals surface area contributed by atoms with Gasteiger partial charge in [0.25, 0.3) is 5.91 Å². The molecule has 1 fully saturated rings. The fraction of sp³-hybridized carbons (Fsp3) is 0.500. The van der Waals surface area contributed by atoms with Crippen molar-refractivity contribution < 1.29 is 9.53 Å². The fourth-order valence-electron chi connectivity index (χ4n) is 2.98. The van der Waals surface area contributed by atoms with Gasteiger partial charge in [-0.1, -0.05) is 6.07 Å². The van der Waals surface area contributed by atoms with E-state index in [1.165, 1.54) is 0 Å². The summed E-state index contributed by atoms with van der Waals surface area (Å²) in [4.78, 5) is 21.2. The Bertz CT molecular complexity index is 756. The van der Waals surface area contributed by atoms with Gasteiger partial charge in [0.15, 0.2) is 5.69 Å². The number of nitrogens with zero attached hydrogens (tertiary/aromatic N) is 5. The molecule has 0 bridgehead atoms. The molecule has 0 aliphatic carbocycles.